The van der Waals surface area contributed by atoms with Crippen molar-refractivity contribution in [1.29, 1.82) is 0 Å². The van der Waals surface area contributed by atoms with Crippen LogP contribution >= 0.6 is 23.2 Å². The van der Waals surface area contributed by atoms with E-state index in [4.69, 9.17) is 23.2 Å². The molecule has 0 amide bonds. The molecule has 156 valence electrons. The van der Waals surface area contributed by atoms with Crippen LogP contribution in [0, 0.1) is 5.41 Å². The van der Waals surface area contributed by atoms with Crippen molar-refractivity contribution >= 4 is 49.8 Å². The summed E-state index contributed by atoms with van der Waals surface area (Å²) in [6.07, 6.45) is -1.76. The van der Waals surface area contributed by atoms with Gasteiger partial charge in [0.15, 0.2) is 5.15 Å². The predicted octanol–water partition coefficient (Wildman–Crippen LogP) is 5.20. The van der Waals surface area contributed by atoms with E-state index in [0.717, 1.165) is 0 Å². The van der Waals surface area contributed by atoms with Gasteiger partial charge in [-0.25, -0.2) is 8.42 Å². The van der Waals surface area contributed by atoms with E-state index < -0.39 is 21.6 Å². The van der Waals surface area contributed by atoms with E-state index in [0.29, 0.717) is 15.9 Å². The number of nitrogens with zero attached hydrogens (tertiary/aromatic N) is 2. The zero-order valence-electron chi connectivity index (χ0n) is 14.7. The van der Waals surface area contributed by atoms with Crippen molar-refractivity contribution in [2.75, 3.05) is 4.72 Å². The van der Waals surface area contributed by atoms with Crippen molar-refractivity contribution in [2.24, 2.45) is 5.41 Å². The number of hydrogen-bond donors (Lipinski definition) is 2. The summed E-state index contributed by atoms with van der Waals surface area (Å²) in [5, 5.41) is 4.75. The lowest BCUT2D eigenvalue weighted by molar-refractivity contribution is -0.189. The van der Waals surface area contributed by atoms with E-state index in [1.807, 2.05) is 0 Å². The molecule has 2 N–H and O–H groups in total. The average molecular weight is 467 g/mol. The van der Waals surface area contributed by atoms with Gasteiger partial charge in [0.1, 0.15) is 10.6 Å². The van der Waals surface area contributed by atoms with Gasteiger partial charge in [0.05, 0.1) is 11.6 Å². The average Bonchev–Trinajstić information content (AvgIpc) is 3.21. The van der Waals surface area contributed by atoms with Crippen LogP contribution in [0.5, 0.6) is 0 Å². The monoisotopic (exact) mass is 466 g/mol. The predicted molar refractivity (Wildman–Crippen MR) is 104 cm³/mol. The minimum atomic E-state index is -4.27. The van der Waals surface area contributed by atoms with E-state index in [2.05, 4.69) is 14.8 Å². The van der Waals surface area contributed by atoms with Crippen LogP contribution in [-0.4, -0.2) is 29.4 Å². The topological polar surface area (TPSA) is 79.8 Å². The molecule has 6 nitrogen and oxygen atoms in total. The van der Waals surface area contributed by atoms with Gasteiger partial charge in [-0.3, -0.25) is 9.40 Å². The normalized spacial score (nSPS) is 16.3. The summed E-state index contributed by atoms with van der Waals surface area (Å²) < 4.78 is 68.3. The number of sulfonamides is 1. The molecule has 1 aromatic carbocycles. The molecular formula is C17H15Cl2F3N4O2S. The van der Waals surface area contributed by atoms with Crippen LogP contribution in [0.4, 0.5) is 18.9 Å². The summed E-state index contributed by atoms with van der Waals surface area (Å²) in [4.78, 5) is 2.82. The molecule has 0 radical (unpaired) electrons. The van der Waals surface area contributed by atoms with Crippen LogP contribution in [0.3, 0.4) is 0 Å². The van der Waals surface area contributed by atoms with Crippen molar-refractivity contribution in [2.45, 2.75) is 36.9 Å². The Hall–Kier alpha value is -1.91. The molecule has 29 heavy (non-hydrogen) atoms. The second-order valence-electron chi connectivity index (χ2n) is 7.05. The lowest BCUT2D eigenvalue weighted by Gasteiger charge is -2.19. The molecule has 1 aliphatic rings. The van der Waals surface area contributed by atoms with E-state index in [-0.39, 0.29) is 41.5 Å². The zero-order chi connectivity index (χ0) is 21.0. The highest BCUT2D eigenvalue weighted by Gasteiger charge is 2.62. The van der Waals surface area contributed by atoms with Gasteiger partial charge in [-0.05, 0) is 37.5 Å². The highest BCUT2D eigenvalue weighted by Crippen LogP contribution is 2.60. The van der Waals surface area contributed by atoms with Crippen molar-refractivity contribution in [1.82, 2.24) is 14.8 Å². The lowest BCUT2D eigenvalue weighted by Crippen LogP contribution is -2.26. The molecule has 1 saturated carbocycles. The highest BCUT2D eigenvalue weighted by atomic mass is 35.5. The standard InChI is InChI=1S/C17H15Cl2F3N4O2S/c18-10-1-2-11-12(7-10)23-9-14(11)29(27,28)25-13-8-24-26(15(13)19)6-5-16(3-4-16)17(20,21)22/h1-2,7-9,23,25H,3-6H2. The Bertz CT molecular complexity index is 1180. The van der Waals surface area contributed by atoms with Crippen LogP contribution in [-0.2, 0) is 16.6 Å². The second-order valence-corrected chi connectivity index (χ2v) is 9.49. The van der Waals surface area contributed by atoms with Gasteiger partial charge in [0.2, 0.25) is 0 Å². The van der Waals surface area contributed by atoms with Crippen molar-refractivity contribution < 1.29 is 21.6 Å². The smallest absolute Gasteiger partial charge is 0.360 e. The summed E-state index contributed by atoms with van der Waals surface area (Å²) in [7, 11) is -4.01. The molecule has 0 saturated heterocycles. The SMILES string of the molecule is O=S(=O)(Nc1cnn(CCC2(C(F)(F)F)CC2)c1Cl)c1c[nH]c2cc(Cl)ccc12. The number of alkyl halides is 3. The van der Waals surface area contributed by atoms with E-state index in [1.54, 1.807) is 18.2 Å². The number of H-pyrrole nitrogens is 1. The molecule has 4 rings (SSSR count). The minimum Gasteiger partial charge on any atom is -0.360 e. The molecule has 2 aromatic heterocycles. The van der Waals surface area contributed by atoms with Crippen LogP contribution < -0.4 is 4.72 Å². The number of fused-ring (bicyclic) bond motifs is 1. The van der Waals surface area contributed by atoms with Gasteiger partial charge in [0.25, 0.3) is 10.0 Å². The molecule has 0 atom stereocenters. The van der Waals surface area contributed by atoms with Gasteiger partial charge >= 0.3 is 6.18 Å². The first-order valence-electron chi connectivity index (χ1n) is 8.60. The quantitative estimate of drug-likeness (QED) is 0.523. The van der Waals surface area contributed by atoms with E-state index in [9.17, 15) is 21.6 Å². The van der Waals surface area contributed by atoms with E-state index in [1.165, 1.54) is 17.1 Å². The molecule has 3 aromatic rings. The minimum absolute atomic E-state index is 0.00756. The Morgan fingerprint density at radius 1 is 1.28 bits per heavy atom. The molecule has 0 bridgehead atoms. The highest BCUT2D eigenvalue weighted by molar-refractivity contribution is 7.93. The first-order valence-corrected chi connectivity index (χ1v) is 10.8. The van der Waals surface area contributed by atoms with Crippen LogP contribution in [0.2, 0.25) is 10.2 Å². The fourth-order valence-corrected chi connectivity index (χ4v) is 4.92. The van der Waals surface area contributed by atoms with Gasteiger partial charge < -0.3 is 4.98 Å². The second kappa shape index (κ2) is 6.82. The van der Waals surface area contributed by atoms with Crippen LogP contribution in [0.25, 0.3) is 10.9 Å². The van der Waals surface area contributed by atoms with Crippen molar-refractivity contribution in [3.63, 3.8) is 0 Å². The molecule has 2 heterocycles. The van der Waals surface area contributed by atoms with Crippen LogP contribution in [0.1, 0.15) is 19.3 Å². The molecule has 1 aliphatic carbocycles. The third kappa shape index (κ3) is 3.69. The number of hydrogen-bond acceptors (Lipinski definition) is 3. The third-order valence-corrected chi connectivity index (χ3v) is 7.21. The molecule has 0 aliphatic heterocycles. The van der Waals surface area contributed by atoms with Gasteiger partial charge in [0, 0.05) is 28.7 Å². The Morgan fingerprint density at radius 3 is 2.66 bits per heavy atom. The molecule has 12 heteroatoms. The van der Waals surface area contributed by atoms with E-state index >= 15 is 0 Å². The first kappa shape index (κ1) is 20.4. The lowest BCUT2D eigenvalue weighted by atomic mass is 10.0. The number of nitrogens with one attached hydrogen (secondary N) is 2. The first-order chi connectivity index (χ1) is 13.5. The number of benzene rings is 1. The molecular weight excluding hydrogens is 452 g/mol. The van der Waals surface area contributed by atoms with Crippen molar-refractivity contribution in [3.05, 3.63) is 40.8 Å². The van der Waals surface area contributed by atoms with Gasteiger partial charge in [-0.15, -0.1) is 0 Å². The van der Waals surface area contributed by atoms with Gasteiger partial charge in [-0.1, -0.05) is 23.2 Å². The summed E-state index contributed by atoms with van der Waals surface area (Å²) in [6, 6.07) is 4.73. The fraction of sp³-hybridized carbons (Fsp3) is 0.353. The maximum absolute atomic E-state index is 13.1. The third-order valence-electron chi connectivity index (χ3n) is 5.17. The maximum Gasteiger partial charge on any atom is 0.394 e. The Labute approximate surface area is 174 Å². The number of aryl methyl sites for hydroxylation is 1. The summed E-state index contributed by atoms with van der Waals surface area (Å²) >= 11 is 12.1. The summed E-state index contributed by atoms with van der Waals surface area (Å²) in [5.41, 5.74) is -1.15. The van der Waals surface area contributed by atoms with Gasteiger partial charge in [-0.2, -0.15) is 18.3 Å². The fourth-order valence-electron chi connectivity index (χ4n) is 3.23. The Balaban J connectivity index is 1.54. The number of aromatic amines is 1. The number of halogens is 5. The van der Waals surface area contributed by atoms with Crippen LogP contribution in [0.15, 0.2) is 35.5 Å². The number of rotatable bonds is 6. The zero-order valence-corrected chi connectivity index (χ0v) is 17.1. The summed E-state index contributed by atoms with van der Waals surface area (Å²) in [6.45, 7) is -0.0638. The molecule has 0 spiro atoms. The summed E-state index contributed by atoms with van der Waals surface area (Å²) in [5.74, 6) is 0. The molecule has 0 unspecified atom stereocenters. The maximum atomic E-state index is 13.1. The van der Waals surface area contributed by atoms with Crippen molar-refractivity contribution in [3.8, 4) is 0 Å². The molecule has 1 fully saturated rings. The number of anilines is 1. The Kier molecular flexibility index (Phi) is 4.79. The number of aromatic nitrogens is 3. The largest absolute Gasteiger partial charge is 0.394 e. The Morgan fingerprint density at radius 2 is 2.00 bits per heavy atom.